The van der Waals surface area contributed by atoms with Crippen molar-refractivity contribution in [3.8, 4) is 11.4 Å². The average Bonchev–Trinajstić information content (AvgIpc) is 3.12. The minimum Gasteiger partial charge on any atom is -0.506 e. The van der Waals surface area contributed by atoms with E-state index < -0.39 is 28.8 Å². The highest BCUT2D eigenvalue weighted by Gasteiger charge is 2.43. The Morgan fingerprint density at radius 3 is 2.26 bits per heavy atom. The highest BCUT2D eigenvalue weighted by Crippen LogP contribution is 2.39. The number of hydrogen-bond donors (Lipinski definition) is 1. The van der Waals surface area contributed by atoms with Gasteiger partial charge in [0.05, 0.1) is 10.9 Å². The van der Waals surface area contributed by atoms with Gasteiger partial charge in [0.25, 0.3) is 11.3 Å². The van der Waals surface area contributed by atoms with Gasteiger partial charge in [-0.1, -0.05) is 36.4 Å². The van der Waals surface area contributed by atoms with Crippen LogP contribution in [0.1, 0.15) is 10.4 Å². The summed E-state index contributed by atoms with van der Waals surface area (Å²) in [5.41, 5.74) is -1.31. The third kappa shape index (κ3) is 2.72. The van der Waals surface area contributed by atoms with Crippen molar-refractivity contribution in [2.75, 3.05) is 0 Å². The number of halogens is 3. The number of Topliss-reactive ketones (excluding diaryl/α,β-unsaturated/α-hetero) is 1. The Morgan fingerprint density at radius 1 is 0.871 bits per heavy atom. The molecule has 5 nitrogen and oxygen atoms in total. The van der Waals surface area contributed by atoms with Gasteiger partial charge in [-0.3, -0.25) is 14.2 Å². The molecule has 0 aliphatic heterocycles. The van der Waals surface area contributed by atoms with Gasteiger partial charge in [-0.25, -0.2) is 0 Å². The van der Waals surface area contributed by atoms with E-state index in [1.54, 1.807) is 42.5 Å². The molecule has 0 unspecified atom stereocenters. The van der Waals surface area contributed by atoms with Crippen LogP contribution >= 0.6 is 0 Å². The van der Waals surface area contributed by atoms with Gasteiger partial charge in [0, 0.05) is 16.5 Å². The zero-order valence-corrected chi connectivity index (χ0v) is 15.6. The second kappa shape index (κ2) is 6.46. The summed E-state index contributed by atoms with van der Waals surface area (Å²) in [5.74, 6) is -3.42. The third-order valence-corrected chi connectivity index (χ3v) is 5.15. The van der Waals surface area contributed by atoms with Crippen molar-refractivity contribution in [1.82, 2.24) is 4.57 Å². The highest BCUT2D eigenvalue weighted by atomic mass is 19.4. The van der Waals surface area contributed by atoms with E-state index in [9.17, 15) is 27.9 Å². The van der Waals surface area contributed by atoms with Crippen molar-refractivity contribution >= 4 is 38.6 Å². The van der Waals surface area contributed by atoms with Crippen molar-refractivity contribution in [3.63, 3.8) is 0 Å². The van der Waals surface area contributed by atoms with Crippen molar-refractivity contribution < 1.29 is 27.5 Å². The summed E-state index contributed by atoms with van der Waals surface area (Å²) in [5, 5.41) is 11.6. The van der Waals surface area contributed by atoms with E-state index in [-0.39, 0.29) is 16.6 Å². The van der Waals surface area contributed by atoms with E-state index in [4.69, 9.17) is 4.42 Å². The van der Waals surface area contributed by atoms with E-state index in [0.29, 0.717) is 21.9 Å². The first-order chi connectivity index (χ1) is 14.8. The van der Waals surface area contributed by atoms with Crippen LogP contribution in [0.4, 0.5) is 13.2 Å². The number of hydrogen-bond acceptors (Lipinski definition) is 4. The molecular formula is C23H12F3NO4. The molecule has 0 amide bonds. The SMILES string of the molecule is O=C(c1c(O)c2ccc3oc4ccccc4c3c2n(-c2ccccc2)c1=O)C(F)(F)F. The molecule has 5 aromatic rings. The first-order valence-corrected chi connectivity index (χ1v) is 9.18. The molecule has 0 aliphatic rings. The minimum absolute atomic E-state index is 0.0740. The minimum atomic E-state index is -5.33. The molecule has 3 aromatic carbocycles. The number of para-hydroxylation sites is 2. The molecule has 0 saturated heterocycles. The zero-order valence-electron chi connectivity index (χ0n) is 15.6. The normalized spacial score (nSPS) is 12.1. The van der Waals surface area contributed by atoms with Gasteiger partial charge in [0.15, 0.2) is 0 Å². The lowest BCUT2D eigenvalue weighted by molar-refractivity contribution is -0.0887. The van der Waals surface area contributed by atoms with Gasteiger partial charge < -0.3 is 9.52 Å². The molecule has 0 radical (unpaired) electrons. The lowest BCUT2D eigenvalue weighted by Crippen LogP contribution is -2.33. The second-order valence-corrected chi connectivity index (χ2v) is 6.96. The number of aromatic nitrogens is 1. The van der Waals surface area contributed by atoms with Crippen LogP contribution in [0.15, 0.2) is 75.9 Å². The number of furan rings is 1. The number of ketones is 1. The molecule has 8 heteroatoms. The maximum atomic E-state index is 13.2. The first kappa shape index (κ1) is 18.9. The Kier molecular flexibility index (Phi) is 3.95. The number of nitrogens with zero attached hydrogens (tertiary/aromatic N) is 1. The maximum Gasteiger partial charge on any atom is 0.455 e. The fraction of sp³-hybridized carbons (Fsp3) is 0.0435. The third-order valence-electron chi connectivity index (χ3n) is 5.15. The molecular weight excluding hydrogens is 411 g/mol. The molecule has 0 bridgehead atoms. The fourth-order valence-corrected chi connectivity index (χ4v) is 3.84. The number of alkyl halides is 3. The van der Waals surface area contributed by atoms with E-state index >= 15 is 0 Å². The highest BCUT2D eigenvalue weighted by molar-refractivity contribution is 6.20. The van der Waals surface area contributed by atoms with Gasteiger partial charge in [-0.05, 0) is 30.3 Å². The smallest absolute Gasteiger partial charge is 0.455 e. The Labute approximate surface area is 171 Å². The quantitative estimate of drug-likeness (QED) is 0.389. The Hall–Kier alpha value is -4.07. The molecule has 154 valence electrons. The van der Waals surface area contributed by atoms with E-state index in [0.717, 1.165) is 4.57 Å². The predicted molar refractivity (Wildman–Crippen MR) is 109 cm³/mol. The monoisotopic (exact) mass is 423 g/mol. The molecule has 1 N–H and O–H groups in total. The van der Waals surface area contributed by atoms with E-state index in [1.165, 1.54) is 24.3 Å². The Balaban J connectivity index is 2.07. The number of carbonyl (C=O) groups excluding carboxylic acids is 1. The number of benzene rings is 3. The second-order valence-electron chi connectivity index (χ2n) is 6.96. The summed E-state index contributed by atoms with van der Waals surface area (Å²) < 4.78 is 46.5. The lowest BCUT2D eigenvalue weighted by atomic mass is 10.0. The van der Waals surface area contributed by atoms with Gasteiger partial charge in [0.2, 0.25) is 0 Å². The van der Waals surface area contributed by atoms with Crippen LogP contribution in [-0.2, 0) is 0 Å². The van der Waals surface area contributed by atoms with Crippen LogP contribution < -0.4 is 5.56 Å². The summed E-state index contributed by atoms with van der Waals surface area (Å²) >= 11 is 0. The van der Waals surface area contributed by atoms with Crippen molar-refractivity contribution in [1.29, 1.82) is 0 Å². The largest absolute Gasteiger partial charge is 0.506 e. The molecule has 2 aromatic heterocycles. The molecule has 0 fully saturated rings. The fourth-order valence-electron chi connectivity index (χ4n) is 3.84. The van der Waals surface area contributed by atoms with Crippen molar-refractivity contribution in [2.45, 2.75) is 6.18 Å². The number of carbonyl (C=O) groups is 1. The van der Waals surface area contributed by atoms with Crippen LogP contribution in [0, 0.1) is 0 Å². The van der Waals surface area contributed by atoms with Crippen LogP contribution in [0.2, 0.25) is 0 Å². The van der Waals surface area contributed by atoms with Crippen LogP contribution in [0.3, 0.4) is 0 Å². The molecule has 5 rings (SSSR count). The molecule has 31 heavy (non-hydrogen) atoms. The van der Waals surface area contributed by atoms with Crippen LogP contribution in [0.25, 0.3) is 38.5 Å². The molecule has 2 heterocycles. The summed E-state index contributed by atoms with van der Waals surface area (Å²) in [6.45, 7) is 0. The van der Waals surface area contributed by atoms with Crippen molar-refractivity contribution in [2.24, 2.45) is 0 Å². The van der Waals surface area contributed by atoms with E-state index in [1.807, 2.05) is 0 Å². The Morgan fingerprint density at radius 2 is 1.55 bits per heavy atom. The van der Waals surface area contributed by atoms with Gasteiger partial charge in [0.1, 0.15) is 22.5 Å². The summed E-state index contributed by atoms with van der Waals surface area (Å²) in [6, 6.07) is 17.7. The zero-order chi connectivity index (χ0) is 21.9. The summed E-state index contributed by atoms with van der Waals surface area (Å²) in [4.78, 5) is 25.3. The van der Waals surface area contributed by atoms with Crippen LogP contribution in [-0.4, -0.2) is 21.6 Å². The lowest BCUT2D eigenvalue weighted by Gasteiger charge is -2.16. The van der Waals surface area contributed by atoms with E-state index in [2.05, 4.69) is 0 Å². The van der Waals surface area contributed by atoms with Crippen LogP contribution in [0.5, 0.6) is 5.75 Å². The number of aromatic hydroxyl groups is 1. The van der Waals surface area contributed by atoms with Crippen molar-refractivity contribution in [3.05, 3.63) is 82.6 Å². The van der Waals surface area contributed by atoms with Gasteiger partial charge in [-0.15, -0.1) is 0 Å². The van der Waals surface area contributed by atoms with Gasteiger partial charge in [-0.2, -0.15) is 13.2 Å². The molecule has 0 saturated carbocycles. The predicted octanol–water partition coefficient (Wildman–Crippen LogP) is 5.34. The topological polar surface area (TPSA) is 72.4 Å². The average molecular weight is 423 g/mol. The van der Waals surface area contributed by atoms with Gasteiger partial charge >= 0.3 is 6.18 Å². The number of rotatable bonds is 2. The molecule has 0 aliphatic carbocycles. The Bertz CT molecular complexity index is 1560. The maximum absolute atomic E-state index is 13.2. The molecule has 0 spiro atoms. The summed E-state index contributed by atoms with van der Waals surface area (Å²) in [7, 11) is 0. The number of pyridine rings is 1. The molecule has 0 atom stereocenters. The standard InChI is InChI=1S/C23H12F3NO4/c24-23(25,26)21(29)18-20(28)14-10-11-16-17(13-8-4-5-9-15(13)31-16)19(14)27(22(18)30)12-6-2-1-3-7-12/h1-11,28H. The number of fused-ring (bicyclic) bond motifs is 5. The summed E-state index contributed by atoms with van der Waals surface area (Å²) in [6.07, 6.45) is -5.33. The first-order valence-electron chi connectivity index (χ1n) is 9.18.